The van der Waals surface area contributed by atoms with Crippen LogP contribution >= 0.6 is 0 Å². The molecule has 7 nitrogen and oxygen atoms in total. The zero-order valence-electron chi connectivity index (χ0n) is 16.8. The fourth-order valence-electron chi connectivity index (χ4n) is 2.60. The number of anilines is 1. The second-order valence-corrected chi connectivity index (χ2v) is 6.77. The molecule has 154 valence electrons. The number of carboxylic acid groups (broad SMARTS) is 1. The molecule has 1 rings (SSSR count). The monoisotopic (exact) mass is 389 g/mol. The summed E-state index contributed by atoms with van der Waals surface area (Å²) in [5.41, 5.74) is 4.51. The van der Waals surface area contributed by atoms with Crippen LogP contribution in [0.4, 0.5) is 5.69 Å². The highest BCUT2D eigenvalue weighted by Crippen LogP contribution is 2.12. The van der Waals surface area contributed by atoms with Crippen LogP contribution in [0.15, 0.2) is 29.4 Å². The normalized spacial score (nSPS) is 11.1. The molecule has 2 amide bonds. The van der Waals surface area contributed by atoms with Gasteiger partial charge in [-0.25, -0.2) is 5.43 Å². The Bertz CT molecular complexity index is 686. The summed E-state index contributed by atoms with van der Waals surface area (Å²) in [6, 6.07) is 7.04. The standard InChI is InChI=1S/C21H31N3O4/c1-3-4-5-6-7-8-12-20(26)24-23-16(2)17-10-9-11-18(15-17)22-19(25)13-14-21(27)28/h9-11,15H,3-8,12-14H2,1-2H3,(H,22,25)(H,24,26)(H,27,28)/b23-16+. The highest BCUT2D eigenvalue weighted by atomic mass is 16.4. The van der Waals surface area contributed by atoms with Gasteiger partial charge in [-0.3, -0.25) is 14.4 Å². The van der Waals surface area contributed by atoms with Gasteiger partial charge in [0, 0.05) is 18.5 Å². The van der Waals surface area contributed by atoms with Gasteiger partial charge in [-0.2, -0.15) is 5.10 Å². The molecule has 0 spiro atoms. The molecule has 0 saturated heterocycles. The lowest BCUT2D eigenvalue weighted by molar-refractivity contribution is -0.138. The molecule has 0 aliphatic carbocycles. The molecule has 0 aliphatic heterocycles. The van der Waals surface area contributed by atoms with Crippen molar-refractivity contribution in [1.29, 1.82) is 0 Å². The van der Waals surface area contributed by atoms with Gasteiger partial charge < -0.3 is 10.4 Å². The first kappa shape index (κ1) is 23.3. The molecule has 0 bridgehead atoms. The lowest BCUT2D eigenvalue weighted by Gasteiger charge is -2.07. The number of hydrazone groups is 1. The van der Waals surface area contributed by atoms with E-state index in [1.807, 2.05) is 6.07 Å². The molecule has 0 radical (unpaired) electrons. The minimum absolute atomic E-state index is 0.0822. The number of unbranched alkanes of at least 4 members (excludes halogenated alkanes) is 5. The molecule has 7 heteroatoms. The van der Waals surface area contributed by atoms with Crippen molar-refractivity contribution in [2.45, 2.75) is 71.6 Å². The third-order valence-electron chi connectivity index (χ3n) is 4.24. The van der Waals surface area contributed by atoms with E-state index in [4.69, 9.17) is 5.11 Å². The van der Waals surface area contributed by atoms with Crippen LogP contribution in [-0.4, -0.2) is 28.6 Å². The Morgan fingerprint density at radius 1 is 0.964 bits per heavy atom. The second kappa shape index (κ2) is 13.5. The van der Waals surface area contributed by atoms with Crippen molar-refractivity contribution in [1.82, 2.24) is 5.43 Å². The zero-order valence-corrected chi connectivity index (χ0v) is 16.8. The molecule has 3 N–H and O–H groups in total. The molecule has 0 atom stereocenters. The number of carbonyl (C=O) groups excluding carboxylic acids is 2. The van der Waals surface area contributed by atoms with Gasteiger partial charge in [-0.1, -0.05) is 51.2 Å². The zero-order chi connectivity index (χ0) is 20.8. The molecule has 0 saturated carbocycles. The number of amides is 2. The van der Waals surface area contributed by atoms with Crippen molar-refractivity contribution in [3.8, 4) is 0 Å². The number of rotatable bonds is 13. The summed E-state index contributed by atoms with van der Waals surface area (Å²) in [4.78, 5) is 34.1. The Kier molecular flexibility index (Phi) is 11.2. The molecule has 0 aromatic heterocycles. The van der Waals surface area contributed by atoms with Crippen LogP contribution in [-0.2, 0) is 14.4 Å². The Morgan fingerprint density at radius 2 is 1.68 bits per heavy atom. The molecular weight excluding hydrogens is 358 g/mol. The minimum Gasteiger partial charge on any atom is -0.481 e. The van der Waals surface area contributed by atoms with Crippen molar-refractivity contribution in [2.24, 2.45) is 5.10 Å². The van der Waals surface area contributed by atoms with Gasteiger partial charge in [0.15, 0.2) is 0 Å². The number of carboxylic acids is 1. The summed E-state index contributed by atoms with van der Waals surface area (Å²) in [6.07, 6.45) is 6.92. The Hall–Kier alpha value is -2.70. The van der Waals surface area contributed by atoms with Crippen molar-refractivity contribution < 1.29 is 19.5 Å². The molecule has 0 unspecified atom stereocenters. The Labute approximate surface area is 166 Å². The maximum Gasteiger partial charge on any atom is 0.303 e. The molecule has 1 aromatic carbocycles. The maximum absolute atomic E-state index is 11.9. The highest BCUT2D eigenvalue weighted by molar-refractivity contribution is 6.01. The number of carbonyl (C=O) groups is 3. The Balaban J connectivity index is 2.46. The average Bonchev–Trinajstić information content (AvgIpc) is 2.67. The SMILES string of the molecule is CCCCCCCCC(=O)N/N=C(\C)c1cccc(NC(=O)CCC(=O)O)c1. The molecule has 0 heterocycles. The maximum atomic E-state index is 11.9. The number of nitrogens with one attached hydrogen (secondary N) is 2. The fraction of sp³-hybridized carbons (Fsp3) is 0.524. The van der Waals surface area contributed by atoms with Crippen LogP contribution in [0.25, 0.3) is 0 Å². The summed E-state index contributed by atoms with van der Waals surface area (Å²) >= 11 is 0. The number of nitrogens with zero attached hydrogens (tertiary/aromatic N) is 1. The summed E-state index contributed by atoms with van der Waals surface area (Å²) < 4.78 is 0. The third-order valence-corrected chi connectivity index (χ3v) is 4.24. The van der Waals surface area contributed by atoms with Gasteiger partial charge in [0.25, 0.3) is 0 Å². The second-order valence-electron chi connectivity index (χ2n) is 6.77. The van der Waals surface area contributed by atoms with Gasteiger partial charge in [-0.05, 0) is 31.0 Å². The Morgan fingerprint density at radius 3 is 2.39 bits per heavy atom. The van der Waals surface area contributed by atoms with E-state index in [2.05, 4.69) is 22.8 Å². The van der Waals surface area contributed by atoms with E-state index in [-0.39, 0.29) is 24.7 Å². The van der Waals surface area contributed by atoms with Crippen LogP contribution in [0.5, 0.6) is 0 Å². The van der Waals surface area contributed by atoms with Crippen LogP contribution in [0.2, 0.25) is 0 Å². The van der Waals surface area contributed by atoms with Crippen LogP contribution in [0.3, 0.4) is 0 Å². The largest absolute Gasteiger partial charge is 0.481 e. The number of hydrogen-bond donors (Lipinski definition) is 3. The summed E-state index contributed by atoms with van der Waals surface area (Å²) in [6.45, 7) is 3.95. The van der Waals surface area contributed by atoms with Crippen LogP contribution in [0, 0.1) is 0 Å². The molecule has 0 aliphatic rings. The van der Waals surface area contributed by atoms with E-state index >= 15 is 0 Å². The summed E-state index contributed by atoms with van der Waals surface area (Å²) in [7, 11) is 0. The van der Waals surface area contributed by atoms with Gasteiger partial charge >= 0.3 is 5.97 Å². The third kappa shape index (κ3) is 10.4. The van der Waals surface area contributed by atoms with E-state index in [0.29, 0.717) is 17.8 Å². The van der Waals surface area contributed by atoms with Crippen molar-refractivity contribution in [3.05, 3.63) is 29.8 Å². The first-order valence-electron chi connectivity index (χ1n) is 9.87. The predicted octanol–water partition coefficient (Wildman–Crippen LogP) is 4.08. The smallest absolute Gasteiger partial charge is 0.303 e. The van der Waals surface area contributed by atoms with Gasteiger partial charge in [0.05, 0.1) is 12.1 Å². The lowest BCUT2D eigenvalue weighted by Crippen LogP contribution is -2.19. The lowest BCUT2D eigenvalue weighted by atomic mass is 10.1. The topological polar surface area (TPSA) is 108 Å². The molecule has 1 aromatic rings. The van der Waals surface area contributed by atoms with E-state index in [0.717, 1.165) is 24.8 Å². The minimum atomic E-state index is -1.01. The van der Waals surface area contributed by atoms with Gasteiger partial charge in [0.2, 0.25) is 11.8 Å². The quantitative estimate of drug-likeness (QED) is 0.268. The molecule has 28 heavy (non-hydrogen) atoms. The fourth-order valence-corrected chi connectivity index (χ4v) is 2.60. The number of hydrogen-bond acceptors (Lipinski definition) is 4. The van der Waals surface area contributed by atoms with E-state index in [1.165, 1.54) is 19.3 Å². The number of benzene rings is 1. The molecule has 0 fully saturated rings. The van der Waals surface area contributed by atoms with Crippen molar-refractivity contribution >= 4 is 29.2 Å². The van der Waals surface area contributed by atoms with E-state index < -0.39 is 5.97 Å². The summed E-state index contributed by atoms with van der Waals surface area (Å²) in [5.74, 6) is -1.47. The van der Waals surface area contributed by atoms with Crippen LogP contribution in [0.1, 0.15) is 77.2 Å². The summed E-state index contributed by atoms with van der Waals surface area (Å²) in [5, 5.41) is 15.4. The molecular formula is C21H31N3O4. The van der Waals surface area contributed by atoms with Crippen molar-refractivity contribution in [3.63, 3.8) is 0 Å². The van der Waals surface area contributed by atoms with E-state index in [1.54, 1.807) is 25.1 Å². The predicted molar refractivity (Wildman–Crippen MR) is 110 cm³/mol. The first-order chi connectivity index (χ1) is 13.4. The first-order valence-corrected chi connectivity index (χ1v) is 9.87. The van der Waals surface area contributed by atoms with E-state index in [9.17, 15) is 14.4 Å². The van der Waals surface area contributed by atoms with Gasteiger partial charge in [-0.15, -0.1) is 0 Å². The van der Waals surface area contributed by atoms with Crippen LogP contribution < -0.4 is 10.7 Å². The van der Waals surface area contributed by atoms with Gasteiger partial charge in [0.1, 0.15) is 0 Å². The van der Waals surface area contributed by atoms with Crippen molar-refractivity contribution in [2.75, 3.05) is 5.32 Å². The average molecular weight is 389 g/mol. The number of aliphatic carboxylic acids is 1. The highest BCUT2D eigenvalue weighted by Gasteiger charge is 2.07.